The van der Waals surface area contributed by atoms with E-state index in [-0.39, 0.29) is 17.6 Å². The summed E-state index contributed by atoms with van der Waals surface area (Å²) < 4.78 is 1.73. The number of anilines is 1. The van der Waals surface area contributed by atoms with Gasteiger partial charge in [0, 0.05) is 5.56 Å². The normalized spacial score (nSPS) is 11.3. The number of hydrogen-bond acceptors (Lipinski definition) is 6. The topological polar surface area (TPSA) is 85.1 Å². The van der Waals surface area contributed by atoms with Crippen LogP contribution in [0.4, 0.5) is 5.82 Å². The van der Waals surface area contributed by atoms with E-state index in [9.17, 15) is 4.79 Å². The third-order valence-corrected chi connectivity index (χ3v) is 4.75. The first kappa shape index (κ1) is 19.7. The zero-order valence-electron chi connectivity index (χ0n) is 16.5. The Kier molecular flexibility index (Phi) is 5.54. The van der Waals surface area contributed by atoms with Crippen LogP contribution < -0.4 is 5.43 Å². The van der Waals surface area contributed by atoms with Crippen LogP contribution in [0, 0.1) is 13.8 Å². The van der Waals surface area contributed by atoms with E-state index < -0.39 is 0 Å². The summed E-state index contributed by atoms with van der Waals surface area (Å²) in [7, 11) is 0. The molecule has 2 heterocycles. The fraction of sp³-hybridized carbons (Fsp3) is 0.136. The van der Waals surface area contributed by atoms with Crippen molar-refractivity contribution in [2.75, 3.05) is 5.43 Å². The first-order chi connectivity index (χ1) is 14.5. The van der Waals surface area contributed by atoms with Crippen molar-refractivity contribution in [2.45, 2.75) is 20.4 Å². The summed E-state index contributed by atoms with van der Waals surface area (Å²) in [5, 5.41) is 4.30. The minimum Gasteiger partial charge on any atom is -0.305 e. The van der Waals surface area contributed by atoms with E-state index in [1.807, 2.05) is 56.3 Å². The van der Waals surface area contributed by atoms with Crippen LogP contribution in [0.3, 0.4) is 0 Å². The van der Waals surface area contributed by atoms with Gasteiger partial charge in [0.2, 0.25) is 5.28 Å². The van der Waals surface area contributed by atoms with Gasteiger partial charge in [-0.05, 0) is 31.0 Å². The van der Waals surface area contributed by atoms with Crippen LogP contribution in [0.1, 0.15) is 27.3 Å². The van der Waals surface area contributed by atoms with E-state index in [0.717, 1.165) is 11.1 Å². The molecular formula is C22H19ClN6O. The smallest absolute Gasteiger partial charge is 0.226 e. The van der Waals surface area contributed by atoms with E-state index in [1.165, 1.54) is 0 Å². The largest absolute Gasteiger partial charge is 0.305 e. The number of imidazole rings is 1. The molecule has 0 spiro atoms. The number of nitrogens with one attached hydrogen (secondary N) is 1. The van der Waals surface area contributed by atoms with Crippen LogP contribution >= 0.6 is 11.6 Å². The standard InChI is InChI=1S/C22H19ClN6O/c1-14-7-6-8-16(11-14)12-24-28-20-19-21(27-22(23)26-20)29(15(2)25-19)13-18(30)17-9-4-3-5-10-17/h3-12H,13H2,1-2H3,(H,26,27,28)/b24-12+. The lowest BCUT2D eigenvalue weighted by atomic mass is 10.1. The molecule has 150 valence electrons. The zero-order chi connectivity index (χ0) is 21.1. The van der Waals surface area contributed by atoms with E-state index in [1.54, 1.807) is 22.9 Å². The molecule has 0 radical (unpaired) electrons. The van der Waals surface area contributed by atoms with Crippen molar-refractivity contribution < 1.29 is 4.79 Å². The number of carbonyl (C=O) groups excluding carboxylic acids is 1. The number of ketones is 1. The third-order valence-electron chi connectivity index (χ3n) is 4.58. The molecule has 0 atom stereocenters. The van der Waals surface area contributed by atoms with Crippen LogP contribution in [0.25, 0.3) is 11.2 Å². The zero-order valence-corrected chi connectivity index (χ0v) is 17.3. The molecule has 0 bridgehead atoms. The fourth-order valence-corrected chi connectivity index (χ4v) is 3.29. The molecule has 0 fully saturated rings. The van der Waals surface area contributed by atoms with Gasteiger partial charge in [-0.15, -0.1) is 0 Å². The maximum Gasteiger partial charge on any atom is 0.226 e. The number of aryl methyl sites for hydroxylation is 2. The van der Waals surface area contributed by atoms with Crippen molar-refractivity contribution >= 4 is 40.6 Å². The molecule has 0 aliphatic carbocycles. The van der Waals surface area contributed by atoms with Gasteiger partial charge in [0.15, 0.2) is 22.8 Å². The minimum absolute atomic E-state index is 0.0419. The van der Waals surface area contributed by atoms with Gasteiger partial charge in [0.25, 0.3) is 0 Å². The number of rotatable bonds is 6. The van der Waals surface area contributed by atoms with Gasteiger partial charge in [-0.3, -0.25) is 10.2 Å². The lowest BCUT2D eigenvalue weighted by Gasteiger charge is -2.06. The number of carbonyl (C=O) groups is 1. The highest BCUT2D eigenvalue weighted by atomic mass is 35.5. The van der Waals surface area contributed by atoms with Gasteiger partial charge in [-0.2, -0.15) is 15.1 Å². The fourth-order valence-electron chi connectivity index (χ4n) is 3.13. The quantitative estimate of drug-likeness (QED) is 0.217. The van der Waals surface area contributed by atoms with Crippen molar-refractivity contribution in [3.05, 3.63) is 82.4 Å². The summed E-state index contributed by atoms with van der Waals surface area (Å²) in [6, 6.07) is 17.1. The molecule has 0 unspecified atom stereocenters. The summed E-state index contributed by atoms with van der Waals surface area (Å²) in [6.07, 6.45) is 1.69. The molecular weight excluding hydrogens is 400 g/mol. The number of aromatic nitrogens is 4. The number of benzene rings is 2. The van der Waals surface area contributed by atoms with Gasteiger partial charge in [-0.1, -0.05) is 60.2 Å². The molecule has 2 aromatic carbocycles. The Hall–Kier alpha value is -3.58. The van der Waals surface area contributed by atoms with E-state index in [4.69, 9.17) is 11.6 Å². The van der Waals surface area contributed by atoms with Gasteiger partial charge in [0.05, 0.1) is 12.8 Å². The number of fused-ring (bicyclic) bond motifs is 1. The molecule has 0 aliphatic heterocycles. The monoisotopic (exact) mass is 418 g/mol. The molecule has 7 nitrogen and oxygen atoms in total. The SMILES string of the molecule is Cc1cccc(/C=N/Nc2nc(Cl)nc3c2nc(C)n3CC(=O)c2ccccc2)c1. The summed E-state index contributed by atoms with van der Waals surface area (Å²) >= 11 is 6.14. The average molecular weight is 419 g/mol. The summed E-state index contributed by atoms with van der Waals surface area (Å²) in [5.74, 6) is 0.971. The van der Waals surface area contributed by atoms with Gasteiger partial charge < -0.3 is 4.57 Å². The van der Waals surface area contributed by atoms with E-state index in [0.29, 0.717) is 28.4 Å². The number of nitrogens with zero attached hydrogens (tertiary/aromatic N) is 5. The lowest BCUT2D eigenvalue weighted by molar-refractivity contribution is 0.0972. The molecule has 8 heteroatoms. The highest BCUT2D eigenvalue weighted by Gasteiger charge is 2.18. The summed E-state index contributed by atoms with van der Waals surface area (Å²) in [5.41, 5.74) is 6.59. The highest BCUT2D eigenvalue weighted by Crippen LogP contribution is 2.23. The minimum atomic E-state index is -0.0419. The molecule has 30 heavy (non-hydrogen) atoms. The average Bonchev–Trinajstić information content (AvgIpc) is 3.04. The molecule has 4 rings (SSSR count). The van der Waals surface area contributed by atoms with Crippen molar-refractivity contribution in [3.8, 4) is 0 Å². The predicted molar refractivity (Wildman–Crippen MR) is 118 cm³/mol. The molecule has 0 aliphatic rings. The number of hydrogen-bond donors (Lipinski definition) is 1. The van der Waals surface area contributed by atoms with Crippen LogP contribution in [0.2, 0.25) is 5.28 Å². The van der Waals surface area contributed by atoms with Crippen LogP contribution in [-0.2, 0) is 6.54 Å². The second-order valence-electron chi connectivity index (χ2n) is 6.83. The maximum atomic E-state index is 12.7. The third kappa shape index (κ3) is 4.21. The lowest BCUT2D eigenvalue weighted by Crippen LogP contribution is -2.12. The van der Waals surface area contributed by atoms with Crippen molar-refractivity contribution in [1.82, 2.24) is 19.5 Å². The summed E-state index contributed by atoms with van der Waals surface area (Å²) in [4.78, 5) is 25.7. The Bertz CT molecular complexity index is 1250. The van der Waals surface area contributed by atoms with Crippen LogP contribution in [0.15, 0.2) is 59.7 Å². The van der Waals surface area contributed by atoms with Crippen molar-refractivity contribution in [1.29, 1.82) is 0 Å². The van der Waals surface area contributed by atoms with Gasteiger partial charge >= 0.3 is 0 Å². The van der Waals surface area contributed by atoms with Crippen LogP contribution in [0.5, 0.6) is 0 Å². The molecule has 0 amide bonds. The number of hydrazone groups is 1. The van der Waals surface area contributed by atoms with E-state index >= 15 is 0 Å². The van der Waals surface area contributed by atoms with Crippen molar-refractivity contribution in [2.24, 2.45) is 5.10 Å². The Labute approximate surface area is 178 Å². The molecule has 0 saturated carbocycles. The predicted octanol–water partition coefficient (Wildman–Crippen LogP) is 4.43. The maximum absolute atomic E-state index is 12.7. The Morgan fingerprint density at radius 2 is 1.90 bits per heavy atom. The number of halogens is 1. The molecule has 0 saturated heterocycles. The molecule has 4 aromatic rings. The first-order valence-corrected chi connectivity index (χ1v) is 9.73. The summed E-state index contributed by atoms with van der Waals surface area (Å²) in [6.45, 7) is 3.93. The van der Waals surface area contributed by atoms with E-state index in [2.05, 4.69) is 25.5 Å². The molecule has 1 N–H and O–H groups in total. The first-order valence-electron chi connectivity index (χ1n) is 9.35. The second-order valence-corrected chi connectivity index (χ2v) is 7.17. The highest BCUT2D eigenvalue weighted by molar-refractivity contribution is 6.28. The number of Topliss-reactive ketones (excluding diaryl/α,β-unsaturated/α-hetero) is 1. The Balaban J connectivity index is 1.64. The Morgan fingerprint density at radius 3 is 2.67 bits per heavy atom. The van der Waals surface area contributed by atoms with Crippen LogP contribution in [-0.4, -0.2) is 31.5 Å². The van der Waals surface area contributed by atoms with Crippen molar-refractivity contribution in [3.63, 3.8) is 0 Å². The van der Waals surface area contributed by atoms with Gasteiger partial charge in [0.1, 0.15) is 5.82 Å². The Morgan fingerprint density at radius 1 is 1.10 bits per heavy atom. The molecule has 2 aromatic heterocycles. The van der Waals surface area contributed by atoms with Gasteiger partial charge in [-0.25, -0.2) is 4.98 Å². The second kappa shape index (κ2) is 8.42.